The molecule has 1 saturated carbocycles. The van der Waals surface area contributed by atoms with Gasteiger partial charge in [0, 0.05) is 12.3 Å². The number of fused-ring (bicyclic) bond motifs is 1. The highest BCUT2D eigenvalue weighted by Crippen LogP contribution is 2.45. The van der Waals surface area contributed by atoms with Crippen LogP contribution in [0.5, 0.6) is 5.75 Å². The zero-order valence-electron chi connectivity index (χ0n) is 16.4. The van der Waals surface area contributed by atoms with Crippen molar-refractivity contribution in [1.29, 1.82) is 0 Å². The fraction of sp³-hybridized carbons (Fsp3) is 0.389. The first-order valence-corrected chi connectivity index (χ1v) is 12.2. The molecule has 168 valence electrons. The van der Waals surface area contributed by atoms with Crippen LogP contribution in [0.3, 0.4) is 0 Å². The number of hydrogen-bond acceptors (Lipinski definition) is 8. The Labute approximate surface area is 178 Å². The van der Waals surface area contributed by atoms with E-state index in [2.05, 4.69) is 15.5 Å². The SMILES string of the molecule is CC(=O)Nc1cc(S(=O)(=O)O)cc2cc(S(=O)(=O)O)c(N=NC3CCCCC3)c(O)c12. The minimum absolute atomic E-state index is 0.132. The molecule has 1 aliphatic carbocycles. The van der Waals surface area contributed by atoms with Crippen molar-refractivity contribution in [3.05, 3.63) is 18.2 Å². The Morgan fingerprint density at radius 2 is 1.68 bits per heavy atom. The smallest absolute Gasteiger partial charge is 0.296 e. The molecule has 0 saturated heterocycles. The Hall–Kier alpha value is -2.61. The Morgan fingerprint density at radius 3 is 2.23 bits per heavy atom. The third kappa shape index (κ3) is 5.18. The Kier molecular flexibility index (Phi) is 6.32. The van der Waals surface area contributed by atoms with Crippen LogP contribution in [0, 0.1) is 0 Å². The number of phenols is 1. The van der Waals surface area contributed by atoms with E-state index < -0.39 is 47.4 Å². The first-order valence-electron chi connectivity index (χ1n) is 9.35. The number of nitrogens with one attached hydrogen (secondary N) is 1. The fourth-order valence-corrected chi connectivity index (χ4v) is 4.73. The summed E-state index contributed by atoms with van der Waals surface area (Å²) in [6.07, 6.45) is 4.41. The van der Waals surface area contributed by atoms with E-state index in [-0.39, 0.29) is 22.5 Å². The van der Waals surface area contributed by atoms with Gasteiger partial charge >= 0.3 is 0 Å². The summed E-state index contributed by atoms with van der Waals surface area (Å²) in [5, 5.41) is 20.8. The van der Waals surface area contributed by atoms with Crippen LogP contribution >= 0.6 is 0 Å². The number of amides is 1. The predicted octanol–water partition coefficient (Wildman–Crippen LogP) is 3.41. The van der Waals surface area contributed by atoms with Gasteiger partial charge < -0.3 is 10.4 Å². The normalized spacial score (nSPS) is 16.1. The molecule has 2 aromatic rings. The van der Waals surface area contributed by atoms with Gasteiger partial charge in [0.15, 0.2) is 5.75 Å². The van der Waals surface area contributed by atoms with Crippen LogP contribution in [0.15, 0.2) is 38.2 Å². The summed E-state index contributed by atoms with van der Waals surface area (Å²) in [5.41, 5.74) is -0.738. The Bertz CT molecular complexity index is 1280. The molecule has 3 rings (SSSR count). The highest BCUT2D eigenvalue weighted by Gasteiger charge is 2.26. The zero-order valence-corrected chi connectivity index (χ0v) is 18.1. The minimum Gasteiger partial charge on any atom is -0.505 e. The summed E-state index contributed by atoms with van der Waals surface area (Å²) in [7, 11) is -9.63. The first kappa shape index (κ1) is 23.1. The second-order valence-electron chi connectivity index (χ2n) is 7.28. The number of hydrogen-bond donors (Lipinski definition) is 4. The lowest BCUT2D eigenvalue weighted by atomic mass is 9.96. The van der Waals surface area contributed by atoms with Crippen LogP contribution in [0.1, 0.15) is 39.0 Å². The summed E-state index contributed by atoms with van der Waals surface area (Å²) >= 11 is 0. The van der Waals surface area contributed by atoms with Crippen molar-refractivity contribution < 1.29 is 35.8 Å². The lowest BCUT2D eigenvalue weighted by molar-refractivity contribution is -0.114. The van der Waals surface area contributed by atoms with E-state index in [4.69, 9.17) is 0 Å². The molecule has 1 fully saturated rings. The van der Waals surface area contributed by atoms with Crippen molar-refractivity contribution in [1.82, 2.24) is 0 Å². The third-order valence-corrected chi connectivity index (χ3v) is 6.60. The number of phenolic OH excluding ortho intramolecular Hbond substituents is 1. The van der Waals surface area contributed by atoms with E-state index in [0.717, 1.165) is 57.2 Å². The van der Waals surface area contributed by atoms with Crippen molar-refractivity contribution in [2.75, 3.05) is 5.32 Å². The van der Waals surface area contributed by atoms with Crippen molar-refractivity contribution in [3.8, 4) is 5.75 Å². The van der Waals surface area contributed by atoms with E-state index in [1.165, 1.54) is 0 Å². The van der Waals surface area contributed by atoms with Gasteiger partial charge in [-0.1, -0.05) is 19.3 Å². The van der Waals surface area contributed by atoms with Gasteiger partial charge in [0.05, 0.1) is 16.6 Å². The molecule has 0 aliphatic heterocycles. The largest absolute Gasteiger partial charge is 0.505 e. The van der Waals surface area contributed by atoms with Crippen molar-refractivity contribution in [2.45, 2.75) is 54.9 Å². The molecule has 0 radical (unpaired) electrons. The number of benzene rings is 2. The van der Waals surface area contributed by atoms with Crippen LogP contribution in [0.2, 0.25) is 0 Å². The summed E-state index contributed by atoms with van der Waals surface area (Å²) in [6.45, 7) is 1.14. The lowest BCUT2D eigenvalue weighted by Crippen LogP contribution is -2.09. The molecule has 1 amide bonds. The van der Waals surface area contributed by atoms with E-state index in [9.17, 15) is 35.8 Å². The molecule has 31 heavy (non-hydrogen) atoms. The standard InChI is InChI=1S/C18H21N3O8S2/c1-10(22)19-14-9-13(30(24,25)26)7-11-8-15(31(27,28)29)17(18(23)16(11)14)21-20-12-5-3-2-4-6-12/h7-9,12,23H,2-6H2,1H3,(H,19,22)(H,24,25,26)(H,27,28,29). The third-order valence-electron chi connectivity index (χ3n) is 4.91. The van der Waals surface area contributed by atoms with E-state index in [0.29, 0.717) is 0 Å². The first-order chi connectivity index (χ1) is 14.4. The summed E-state index contributed by atoms with van der Waals surface area (Å²) in [5.74, 6) is -1.34. The second-order valence-corrected chi connectivity index (χ2v) is 10.1. The maximum absolute atomic E-state index is 12.0. The quantitative estimate of drug-likeness (QED) is 0.377. The number of azo groups is 1. The molecule has 0 heterocycles. The summed E-state index contributed by atoms with van der Waals surface area (Å²) in [6, 6.07) is 2.52. The predicted molar refractivity (Wildman–Crippen MR) is 111 cm³/mol. The van der Waals surface area contributed by atoms with Crippen molar-refractivity contribution in [3.63, 3.8) is 0 Å². The maximum Gasteiger partial charge on any atom is 0.296 e. The lowest BCUT2D eigenvalue weighted by Gasteiger charge is -2.17. The van der Waals surface area contributed by atoms with Crippen molar-refractivity contribution >= 4 is 48.3 Å². The van der Waals surface area contributed by atoms with E-state index in [1.54, 1.807) is 0 Å². The average Bonchev–Trinajstić information content (AvgIpc) is 2.65. The molecule has 4 N–H and O–H groups in total. The summed E-state index contributed by atoms with van der Waals surface area (Å²) in [4.78, 5) is 10.1. The van der Waals surface area contributed by atoms with Crippen LogP contribution in [-0.4, -0.2) is 43.0 Å². The van der Waals surface area contributed by atoms with Gasteiger partial charge in [-0.25, -0.2) is 0 Å². The highest BCUT2D eigenvalue weighted by molar-refractivity contribution is 7.86. The van der Waals surface area contributed by atoms with E-state index >= 15 is 0 Å². The number of nitrogens with zero attached hydrogens (tertiary/aromatic N) is 2. The molecule has 13 heteroatoms. The molecule has 11 nitrogen and oxygen atoms in total. The number of rotatable bonds is 5. The Balaban J connectivity index is 2.33. The maximum atomic E-state index is 12.0. The highest BCUT2D eigenvalue weighted by atomic mass is 32.2. The van der Waals surface area contributed by atoms with Crippen LogP contribution in [0.4, 0.5) is 11.4 Å². The van der Waals surface area contributed by atoms with Gasteiger partial charge in [0.25, 0.3) is 20.2 Å². The van der Waals surface area contributed by atoms with Crippen molar-refractivity contribution in [2.24, 2.45) is 10.2 Å². The second kappa shape index (κ2) is 8.49. The van der Waals surface area contributed by atoms with Gasteiger partial charge in [0.2, 0.25) is 5.91 Å². The molecule has 0 spiro atoms. The molecule has 1 aliphatic rings. The monoisotopic (exact) mass is 471 g/mol. The Morgan fingerprint density at radius 1 is 1.03 bits per heavy atom. The number of carbonyl (C=O) groups is 1. The fourth-order valence-electron chi connectivity index (χ4n) is 3.53. The van der Waals surface area contributed by atoms with Gasteiger partial charge in [-0.3, -0.25) is 13.9 Å². The van der Waals surface area contributed by atoms with E-state index in [1.807, 2.05) is 0 Å². The van der Waals surface area contributed by atoms with Gasteiger partial charge in [-0.15, -0.1) is 0 Å². The number of anilines is 1. The van der Waals surface area contributed by atoms with Gasteiger partial charge in [0.1, 0.15) is 10.6 Å². The molecular weight excluding hydrogens is 450 g/mol. The number of aromatic hydroxyl groups is 1. The van der Waals surface area contributed by atoms with Crippen LogP contribution < -0.4 is 5.32 Å². The zero-order chi connectivity index (χ0) is 23.0. The molecular formula is C18H21N3O8S2. The van der Waals surface area contributed by atoms with Crippen LogP contribution in [-0.2, 0) is 25.0 Å². The number of carbonyl (C=O) groups excluding carboxylic acids is 1. The summed E-state index contributed by atoms with van der Waals surface area (Å²) < 4.78 is 66.2. The van der Waals surface area contributed by atoms with Crippen LogP contribution in [0.25, 0.3) is 10.8 Å². The molecule has 0 bridgehead atoms. The van der Waals surface area contributed by atoms with Gasteiger partial charge in [-0.2, -0.15) is 27.1 Å². The molecule has 0 unspecified atom stereocenters. The average molecular weight is 472 g/mol. The topological polar surface area (TPSA) is 183 Å². The molecule has 0 aromatic heterocycles. The molecule has 2 aromatic carbocycles. The van der Waals surface area contributed by atoms with Gasteiger partial charge in [-0.05, 0) is 36.4 Å². The molecule has 0 atom stereocenters. The minimum atomic E-state index is -4.90.